The van der Waals surface area contributed by atoms with Crippen molar-refractivity contribution in [2.45, 2.75) is 6.61 Å². The van der Waals surface area contributed by atoms with E-state index in [4.69, 9.17) is 21.7 Å². The maximum Gasteiger partial charge on any atom is 0.407 e. The van der Waals surface area contributed by atoms with Crippen molar-refractivity contribution in [1.82, 2.24) is 0 Å². The highest BCUT2D eigenvalue weighted by Crippen LogP contribution is 2.37. The van der Waals surface area contributed by atoms with E-state index in [9.17, 15) is 0 Å². The third-order valence-corrected chi connectivity index (χ3v) is 3.16. The quantitative estimate of drug-likeness (QED) is 0.800. The van der Waals surface area contributed by atoms with Gasteiger partial charge in [-0.3, -0.25) is 0 Å². The number of benzene rings is 2. The van der Waals surface area contributed by atoms with Crippen LogP contribution in [0.5, 0.6) is 5.75 Å². The third-order valence-electron chi connectivity index (χ3n) is 2.86. The highest BCUT2D eigenvalue weighted by molar-refractivity contribution is 6.33. The van der Waals surface area contributed by atoms with Crippen LogP contribution in [0, 0.1) is 5.39 Å². The topological polar surface area (TPSA) is 40.6 Å². The summed E-state index contributed by atoms with van der Waals surface area (Å²) < 4.78 is 5.81. The second-order valence-electron chi connectivity index (χ2n) is 4.54. The predicted molar refractivity (Wildman–Crippen MR) is 81.3 cm³/mol. The van der Waals surface area contributed by atoms with Gasteiger partial charge in [0.1, 0.15) is 11.6 Å². The highest BCUT2D eigenvalue weighted by Gasteiger charge is 2.19. The van der Waals surface area contributed by atoms with Crippen molar-refractivity contribution in [3.8, 4) is 5.75 Å². The fraction of sp³-hybridized carbons (Fsp3) is 0.200. The Kier molecular flexibility index (Phi) is 6.29. The minimum absolute atomic E-state index is 0. The zero-order valence-electron chi connectivity index (χ0n) is 11.8. The van der Waals surface area contributed by atoms with Crippen molar-refractivity contribution in [2.75, 3.05) is 19.0 Å². The third kappa shape index (κ3) is 4.25. The summed E-state index contributed by atoms with van der Waals surface area (Å²) in [6.07, 6.45) is 0. The number of hydrogen-bond acceptors (Lipinski definition) is 3. The molecule has 0 heterocycles. The smallest absolute Gasteiger partial charge is 0.407 e. The summed E-state index contributed by atoms with van der Waals surface area (Å²) in [5, 5.41) is 9.31. The van der Waals surface area contributed by atoms with Gasteiger partial charge in [0.2, 0.25) is 5.39 Å². The number of hydrogen-bond donors (Lipinski definition) is 0. The Morgan fingerprint density at radius 3 is 2.43 bits per heavy atom. The van der Waals surface area contributed by atoms with E-state index in [1.165, 1.54) is 0 Å². The summed E-state index contributed by atoms with van der Waals surface area (Å²) in [6, 6.07) is 13.2. The van der Waals surface area contributed by atoms with E-state index in [1.54, 1.807) is 12.1 Å². The van der Waals surface area contributed by atoms with E-state index in [1.807, 2.05) is 49.3 Å². The Hall–Kier alpha value is -1.96. The molecule has 0 aliphatic heterocycles. The summed E-state index contributed by atoms with van der Waals surface area (Å²) in [6.45, 7) is 0.439. The maximum atomic E-state index is 8.93. The second-order valence-corrected chi connectivity index (χ2v) is 4.95. The molecule has 4 nitrogen and oxygen atoms in total. The van der Waals surface area contributed by atoms with E-state index in [0.29, 0.717) is 23.1 Å². The first-order valence-corrected chi connectivity index (χ1v) is 6.52. The molecule has 0 unspecified atom stereocenters. The Labute approximate surface area is 135 Å². The van der Waals surface area contributed by atoms with E-state index >= 15 is 0 Å². The number of nitrogens with zero attached hydrogens (tertiary/aromatic N) is 3. The van der Waals surface area contributed by atoms with E-state index in [2.05, 4.69) is 4.98 Å². The molecule has 110 valence electrons. The maximum absolute atomic E-state index is 8.93. The van der Waals surface area contributed by atoms with Crippen LogP contribution in [0.25, 0.3) is 4.98 Å². The Morgan fingerprint density at radius 1 is 1.19 bits per heavy atom. The molecule has 0 fully saturated rings. The van der Waals surface area contributed by atoms with Crippen molar-refractivity contribution in [3.63, 3.8) is 0 Å². The zero-order chi connectivity index (χ0) is 14.5. The first-order valence-electron chi connectivity index (χ1n) is 6.14. The van der Waals surface area contributed by atoms with Gasteiger partial charge < -0.3 is 22.0 Å². The summed E-state index contributed by atoms with van der Waals surface area (Å²) in [5.41, 5.74) is 2.19. The van der Waals surface area contributed by atoms with Crippen molar-refractivity contribution >= 4 is 23.0 Å². The Bertz CT molecular complexity index is 639. The molecule has 0 N–H and O–H groups in total. The van der Waals surface area contributed by atoms with Crippen LogP contribution in [0.1, 0.15) is 5.56 Å². The van der Waals surface area contributed by atoms with Gasteiger partial charge in [-0.25, -0.2) is 0 Å². The molecule has 0 aromatic heterocycles. The average molecular weight is 324 g/mol. The first-order chi connectivity index (χ1) is 9.61. The van der Waals surface area contributed by atoms with Crippen LogP contribution in [0.4, 0.5) is 11.4 Å². The lowest BCUT2D eigenvalue weighted by Crippen LogP contribution is -3.00. The summed E-state index contributed by atoms with van der Waals surface area (Å²) in [4.78, 5) is 5.05. The van der Waals surface area contributed by atoms with Crippen LogP contribution in [0.3, 0.4) is 0 Å². The van der Waals surface area contributed by atoms with Gasteiger partial charge >= 0.3 is 5.69 Å². The molecular formula is C15H15Cl2N3O. The van der Waals surface area contributed by atoms with Crippen LogP contribution < -0.4 is 22.0 Å². The van der Waals surface area contributed by atoms with Crippen molar-refractivity contribution in [2.24, 2.45) is 0 Å². The summed E-state index contributed by atoms with van der Waals surface area (Å²) in [7, 11) is 3.80. The number of ether oxygens (including phenoxy) is 1. The van der Waals surface area contributed by atoms with Crippen LogP contribution in [-0.4, -0.2) is 14.1 Å². The molecule has 0 saturated carbocycles. The molecule has 2 aromatic rings. The molecule has 0 radical (unpaired) electrons. The van der Waals surface area contributed by atoms with Gasteiger partial charge in [-0.1, -0.05) is 41.9 Å². The number of rotatable bonds is 4. The molecule has 21 heavy (non-hydrogen) atoms. The van der Waals surface area contributed by atoms with Gasteiger partial charge in [-0.2, -0.15) is 0 Å². The Morgan fingerprint density at radius 2 is 1.86 bits per heavy atom. The van der Waals surface area contributed by atoms with Crippen LogP contribution in [-0.2, 0) is 6.61 Å². The molecule has 0 atom stereocenters. The van der Waals surface area contributed by atoms with E-state index in [0.717, 1.165) is 11.3 Å². The molecule has 2 aromatic carbocycles. The molecule has 6 heteroatoms. The van der Waals surface area contributed by atoms with Crippen molar-refractivity contribution in [1.29, 1.82) is 5.39 Å². The molecule has 0 aliphatic rings. The van der Waals surface area contributed by atoms with Crippen molar-refractivity contribution < 1.29 is 17.1 Å². The molecule has 0 aliphatic carbocycles. The van der Waals surface area contributed by atoms with Gasteiger partial charge in [-0.15, -0.1) is 0 Å². The summed E-state index contributed by atoms with van der Waals surface area (Å²) in [5.74, 6) is 0.621. The van der Waals surface area contributed by atoms with Gasteiger partial charge in [0.15, 0.2) is 10.7 Å². The fourth-order valence-corrected chi connectivity index (χ4v) is 2.00. The number of anilines is 1. The molecule has 0 spiro atoms. The van der Waals surface area contributed by atoms with Crippen LogP contribution in [0.15, 0.2) is 42.5 Å². The number of diazo groups is 1. The predicted octanol–water partition coefficient (Wildman–Crippen LogP) is 1.47. The lowest BCUT2D eigenvalue weighted by atomic mass is 10.2. The standard InChI is InChI=1S/C15H15ClN3O.ClH/c1-19(2)14-8-12(16)13(18-17)9-15(14)20-10-11-6-4-3-5-7-11;/h3-9H,10H2,1-2H3;1H/q+1;/p-1. The normalized spacial score (nSPS) is 9.43. The largest absolute Gasteiger partial charge is 1.00 e. The lowest BCUT2D eigenvalue weighted by Gasteiger charge is -2.17. The van der Waals surface area contributed by atoms with Gasteiger partial charge in [0, 0.05) is 14.1 Å². The molecule has 2 rings (SSSR count). The Balaban J connectivity index is 0.00000220. The van der Waals surface area contributed by atoms with E-state index in [-0.39, 0.29) is 12.4 Å². The highest BCUT2D eigenvalue weighted by atomic mass is 35.5. The van der Waals surface area contributed by atoms with Crippen LogP contribution in [0.2, 0.25) is 5.02 Å². The van der Waals surface area contributed by atoms with Crippen molar-refractivity contribution in [3.05, 3.63) is 58.0 Å². The molecule has 0 bridgehead atoms. The number of halogens is 2. The minimum atomic E-state index is 0. The minimum Gasteiger partial charge on any atom is -1.00 e. The average Bonchev–Trinajstić information content (AvgIpc) is 2.46. The van der Waals surface area contributed by atoms with Crippen LogP contribution >= 0.6 is 11.6 Å². The molecular weight excluding hydrogens is 309 g/mol. The van der Waals surface area contributed by atoms with Gasteiger partial charge in [-0.05, 0) is 11.6 Å². The summed E-state index contributed by atoms with van der Waals surface area (Å²) >= 11 is 6.03. The van der Waals surface area contributed by atoms with Gasteiger partial charge in [0.25, 0.3) is 0 Å². The first kappa shape index (κ1) is 17.1. The van der Waals surface area contributed by atoms with Gasteiger partial charge in [0.05, 0.1) is 11.8 Å². The fourth-order valence-electron chi connectivity index (χ4n) is 1.81. The molecule has 0 amide bonds. The second kappa shape index (κ2) is 7.72. The molecule has 0 saturated heterocycles. The SMILES string of the molecule is CN(C)c1cc(Cl)c([N+]#N)cc1OCc1ccccc1.[Cl-]. The lowest BCUT2D eigenvalue weighted by molar-refractivity contribution is -0.00000459. The van der Waals surface area contributed by atoms with E-state index < -0.39 is 0 Å². The monoisotopic (exact) mass is 323 g/mol. The zero-order valence-corrected chi connectivity index (χ0v) is 13.3.